The fraction of sp³-hybridized carbons (Fsp3) is 0.988. The second-order valence-corrected chi connectivity index (χ2v) is 31.0. The number of aliphatic hydroxyl groups excluding tert-OH is 11. The van der Waals surface area contributed by atoms with E-state index in [1.165, 1.54) is 308 Å². The van der Waals surface area contributed by atoms with Gasteiger partial charge in [-0.15, -0.1) is 0 Å². The van der Waals surface area contributed by atoms with Gasteiger partial charge in [0.2, 0.25) is 5.91 Å². The summed E-state index contributed by atoms with van der Waals surface area (Å²) in [5.74, 6) is -0.233. The fourth-order valence-electron chi connectivity index (χ4n) is 15.1. The van der Waals surface area contributed by atoms with Crippen LogP contribution in [-0.2, 0) is 33.2 Å². The number of nitrogens with one attached hydrogen (secondary N) is 1. The first kappa shape index (κ1) is 94.0. The third-order valence-corrected chi connectivity index (χ3v) is 21.9. The van der Waals surface area contributed by atoms with E-state index in [0.29, 0.717) is 12.8 Å². The molecule has 0 spiro atoms. The molecular formula is C82H159NO18. The van der Waals surface area contributed by atoms with Crippen LogP contribution < -0.4 is 5.32 Å². The van der Waals surface area contributed by atoms with Gasteiger partial charge in [-0.2, -0.15) is 0 Å². The van der Waals surface area contributed by atoms with Gasteiger partial charge in [0, 0.05) is 6.42 Å². The zero-order chi connectivity index (χ0) is 73.2. The van der Waals surface area contributed by atoms with Crippen LogP contribution in [-0.4, -0.2) is 193 Å². The topological polar surface area (TPSA) is 307 Å². The molecule has 0 aromatic rings. The zero-order valence-corrected chi connectivity index (χ0v) is 64.4. The van der Waals surface area contributed by atoms with Gasteiger partial charge in [0.25, 0.3) is 0 Å². The quantitative estimate of drug-likeness (QED) is 0.0252. The second-order valence-electron chi connectivity index (χ2n) is 31.0. The maximum absolute atomic E-state index is 13.5. The van der Waals surface area contributed by atoms with Crippen molar-refractivity contribution in [3.8, 4) is 0 Å². The lowest BCUT2D eigenvalue weighted by Crippen LogP contribution is -2.66. The fourth-order valence-corrected chi connectivity index (χ4v) is 15.1. The van der Waals surface area contributed by atoms with Gasteiger partial charge >= 0.3 is 0 Å². The number of carbonyl (C=O) groups is 1. The first-order valence-corrected chi connectivity index (χ1v) is 42.8. The van der Waals surface area contributed by atoms with Gasteiger partial charge in [0.15, 0.2) is 18.9 Å². The molecule has 1 amide bonds. The Morgan fingerprint density at radius 1 is 0.317 bits per heavy atom. The van der Waals surface area contributed by atoms with Crippen LogP contribution in [0.2, 0.25) is 0 Å². The van der Waals surface area contributed by atoms with Gasteiger partial charge in [0.05, 0.1) is 38.6 Å². The SMILES string of the molecule is CCCCCCCCCCCCCCCCCCCCCCCCCCCCCCCCCCCCCCCCCCC(=O)NC(COC1OC(CO)C(OC2OC(CO)C(OC3OC(CO)C(O)C(O)C3O)C(O)C2O)C(O)C1O)C(O)CCCCCCCCCCCCCCCCCC. The lowest BCUT2D eigenvalue weighted by atomic mass is 9.96. The Labute approximate surface area is 614 Å². The largest absolute Gasteiger partial charge is 0.394 e. The molecule has 19 nitrogen and oxygen atoms in total. The predicted octanol–water partition coefficient (Wildman–Crippen LogP) is 15.0. The van der Waals surface area contributed by atoms with Gasteiger partial charge < -0.3 is 89.9 Å². The molecule has 3 aliphatic rings. The number of ether oxygens (including phenoxy) is 6. The molecule has 0 aromatic carbocycles. The van der Waals surface area contributed by atoms with Crippen LogP contribution >= 0.6 is 0 Å². The molecule has 3 fully saturated rings. The number of carbonyl (C=O) groups excluding carboxylic acids is 1. The molecule has 3 heterocycles. The van der Waals surface area contributed by atoms with Crippen molar-refractivity contribution < 1.29 is 89.4 Å². The summed E-state index contributed by atoms with van der Waals surface area (Å²) in [5.41, 5.74) is 0. The monoisotopic (exact) mass is 1450 g/mol. The van der Waals surface area contributed by atoms with Crippen molar-refractivity contribution in [3.05, 3.63) is 0 Å². The van der Waals surface area contributed by atoms with Crippen LogP contribution in [0.1, 0.15) is 386 Å². The smallest absolute Gasteiger partial charge is 0.220 e. The van der Waals surface area contributed by atoms with E-state index < -0.39 is 124 Å². The van der Waals surface area contributed by atoms with Gasteiger partial charge in [-0.05, 0) is 12.8 Å². The summed E-state index contributed by atoms with van der Waals surface area (Å²) in [6.45, 7) is 1.86. The summed E-state index contributed by atoms with van der Waals surface area (Å²) >= 11 is 0. The van der Waals surface area contributed by atoms with Crippen LogP contribution in [0.5, 0.6) is 0 Å². The molecule has 101 heavy (non-hydrogen) atoms. The average Bonchev–Trinajstić information content (AvgIpc) is 0.783. The molecule has 19 heteroatoms. The minimum absolute atomic E-state index is 0.233. The van der Waals surface area contributed by atoms with E-state index in [4.69, 9.17) is 28.4 Å². The van der Waals surface area contributed by atoms with Crippen LogP contribution in [0.4, 0.5) is 0 Å². The lowest BCUT2D eigenvalue weighted by Gasteiger charge is -2.48. The minimum Gasteiger partial charge on any atom is -0.394 e. The van der Waals surface area contributed by atoms with E-state index in [9.17, 15) is 61.0 Å². The molecule has 17 unspecified atom stereocenters. The van der Waals surface area contributed by atoms with Gasteiger partial charge in [-0.3, -0.25) is 4.79 Å². The van der Waals surface area contributed by atoms with E-state index in [1.54, 1.807) is 0 Å². The van der Waals surface area contributed by atoms with E-state index in [0.717, 1.165) is 44.9 Å². The van der Waals surface area contributed by atoms with Crippen LogP contribution in [0.25, 0.3) is 0 Å². The van der Waals surface area contributed by atoms with E-state index in [1.807, 2.05) is 0 Å². The van der Waals surface area contributed by atoms with E-state index >= 15 is 0 Å². The van der Waals surface area contributed by atoms with E-state index in [-0.39, 0.29) is 18.9 Å². The molecule has 3 saturated heterocycles. The summed E-state index contributed by atoms with van der Waals surface area (Å²) in [4.78, 5) is 13.5. The van der Waals surface area contributed by atoms with Crippen molar-refractivity contribution in [3.63, 3.8) is 0 Å². The highest BCUT2D eigenvalue weighted by molar-refractivity contribution is 5.76. The zero-order valence-electron chi connectivity index (χ0n) is 64.4. The van der Waals surface area contributed by atoms with Gasteiger partial charge in [-0.25, -0.2) is 0 Å². The molecule has 3 rings (SSSR count). The number of amides is 1. The van der Waals surface area contributed by atoms with Crippen molar-refractivity contribution in [1.82, 2.24) is 5.32 Å². The van der Waals surface area contributed by atoms with Crippen LogP contribution in [0, 0.1) is 0 Å². The van der Waals surface area contributed by atoms with Crippen LogP contribution in [0.15, 0.2) is 0 Å². The number of unbranched alkanes of at least 4 members (excludes halogenated alkanes) is 54. The molecule has 0 saturated carbocycles. The van der Waals surface area contributed by atoms with Crippen molar-refractivity contribution in [1.29, 1.82) is 0 Å². The second kappa shape index (κ2) is 63.7. The lowest BCUT2D eigenvalue weighted by molar-refractivity contribution is -0.379. The summed E-state index contributed by atoms with van der Waals surface area (Å²) in [6, 6.07) is -0.883. The highest BCUT2D eigenvalue weighted by atomic mass is 16.8. The summed E-state index contributed by atoms with van der Waals surface area (Å²) in [6.07, 6.45) is 48.1. The molecule has 12 N–H and O–H groups in total. The van der Waals surface area contributed by atoms with E-state index in [2.05, 4.69) is 19.2 Å². The average molecular weight is 1450 g/mol. The maximum Gasteiger partial charge on any atom is 0.220 e. The molecule has 0 radical (unpaired) electrons. The Kier molecular flexibility index (Phi) is 59.3. The highest BCUT2D eigenvalue weighted by Crippen LogP contribution is 2.34. The normalized spacial score (nSPS) is 26.2. The van der Waals surface area contributed by atoms with Gasteiger partial charge in [-0.1, -0.05) is 367 Å². The van der Waals surface area contributed by atoms with Crippen molar-refractivity contribution in [2.24, 2.45) is 0 Å². The van der Waals surface area contributed by atoms with Crippen LogP contribution in [0.3, 0.4) is 0 Å². The third kappa shape index (κ3) is 43.5. The van der Waals surface area contributed by atoms with Gasteiger partial charge in [0.1, 0.15) is 73.2 Å². The number of hydrogen-bond donors (Lipinski definition) is 12. The molecule has 0 aromatic heterocycles. The van der Waals surface area contributed by atoms with Crippen molar-refractivity contribution in [2.45, 2.75) is 491 Å². The number of hydrogen-bond acceptors (Lipinski definition) is 18. The Balaban J connectivity index is 1.26. The number of rotatable bonds is 70. The Hall–Kier alpha value is -1.21. The predicted molar refractivity (Wildman–Crippen MR) is 402 cm³/mol. The molecule has 600 valence electrons. The Morgan fingerprint density at radius 3 is 0.861 bits per heavy atom. The minimum atomic E-state index is -1.97. The third-order valence-electron chi connectivity index (χ3n) is 21.9. The Morgan fingerprint density at radius 2 is 0.564 bits per heavy atom. The number of aliphatic hydroxyl groups is 11. The first-order valence-electron chi connectivity index (χ1n) is 42.8. The maximum atomic E-state index is 13.5. The summed E-state index contributed by atoms with van der Waals surface area (Å²) in [5, 5.41) is 121. The Bertz CT molecular complexity index is 1820. The molecule has 17 atom stereocenters. The van der Waals surface area contributed by atoms with Crippen molar-refractivity contribution in [2.75, 3.05) is 26.4 Å². The first-order chi connectivity index (χ1) is 49.3. The standard InChI is InChI=1S/C82H159NO18/c1-3-5-7-9-11-13-15-17-19-21-22-23-24-25-26-27-28-29-30-31-32-33-34-35-36-37-38-39-40-41-42-43-44-46-48-50-52-54-56-58-60-70(88)83-65(66(87)59-57-55-53-51-49-47-45-20-18-16-14-12-10-8-6-4-2)64-96-80-76(94)73(91)78(68(62-85)98-80)101-82-77(95)74(92)79(69(63-86)99-82)100-81-75(93)72(90)71(89)67(61-84)97-81/h65-69,71-82,84-87,89-95H,3-64H2,1-2H3,(H,83,88). The molecule has 0 aliphatic carbocycles. The highest BCUT2D eigenvalue weighted by Gasteiger charge is 2.54. The summed E-state index contributed by atoms with van der Waals surface area (Å²) in [7, 11) is 0. The molecule has 3 aliphatic heterocycles. The molecule has 0 bridgehead atoms. The van der Waals surface area contributed by atoms with Crippen molar-refractivity contribution >= 4 is 5.91 Å². The molecular weight excluding hydrogens is 1290 g/mol. The summed E-state index contributed by atoms with van der Waals surface area (Å²) < 4.78 is 34.5.